The second-order valence-corrected chi connectivity index (χ2v) is 6.28. The molecule has 1 aromatic rings. The number of fused-ring (bicyclic) bond motifs is 1. The van der Waals surface area contributed by atoms with Crippen LogP contribution in [-0.4, -0.2) is 51.6 Å². The Morgan fingerprint density at radius 3 is 2.74 bits per heavy atom. The van der Waals surface area contributed by atoms with Gasteiger partial charge in [-0.25, -0.2) is 9.59 Å². The van der Waals surface area contributed by atoms with Crippen molar-refractivity contribution in [3.8, 4) is 0 Å². The molecule has 0 bridgehead atoms. The molecule has 2 N–H and O–H groups in total. The van der Waals surface area contributed by atoms with Crippen LogP contribution in [0, 0.1) is 5.92 Å². The number of hydrogen-bond acceptors (Lipinski definition) is 3. The van der Waals surface area contributed by atoms with Crippen molar-refractivity contribution in [3.63, 3.8) is 0 Å². The van der Waals surface area contributed by atoms with Crippen LogP contribution < -0.4 is 5.32 Å². The van der Waals surface area contributed by atoms with Crippen molar-refractivity contribution in [3.05, 3.63) is 29.6 Å². The highest BCUT2D eigenvalue weighted by atomic mass is 16.4. The average Bonchev–Trinajstić information content (AvgIpc) is 2.92. The molecule has 3 amide bonds. The molecule has 0 aromatic carbocycles. The van der Waals surface area contributed by atoms with Gasteiger partial charge in [0.2, 0.25) is 0 Å². The van der Waals surface area contributed by atoms with Gasteiger partial charge in [0.05, 0.1) is 0 Å². The predicted octanol–water partition coefficient (Wildman–Crippen LogP) is 1.89. The van der Waals surface area contributed by atoms with Crippen molar-refractivity contribution in [1.29, 1.82) is 0 Å². The highest BCUT2D eigenvalue weighted by Gasteiger charge is 2.29. The van der Waals surface area contributed by atoms with E-state index in [2.05, 4.69) is 10.3 Å². The topological polar surface area (TPSA) is 85.8 Å². The summed E-state index contributed by atoms with van der Waals surface area (Å²) in [7, 11) is 0. The molecular formula is C16H22N4O3. The number of rotatable bonds is 5. The first-order valence-electron chi connectivity index (χ1n) is 8.06. The van der Waals surface area contributed by atoms with E-state index in [-0.39, 0.29) is 6.03 Å². The fraction of sp³-hybridized carbons (Fsp3) is 0.562. The predicted molar refractivity (Wildman–Crippen MR) is 83.8 cm³/mol. The quantitative estimate of drug-likeness (QED) is 0.812. The van der Waals surface area contributed by atoms with Crippen molar-refractivity contribution < 1.29 is 14.7 Å². The standard InChI is InChI=1S/C16H22N4O3/c21-15(19-10-13-4-6-17-7-14(13)11-19)18-5-2-1-3-12-8-20(9-12)16(22)23/h4,6-7,12H,1-3,5,8-11H2,(H,18,21)(H,22,23). The minimum Gasteiger partial charge on any atom is -0.465 e. The lowest BCUT2D eigenvalue weighted by Gasteiger charge is -2.37. The van der Waals surface area contributed by atoms with E-state index in [4.69, 9.17) is 5.11 Å². The van der Waals surface area contributed by atoms with Gasteiger partial charge in [0.15, 0.2) is 0 Å². The van der Waals surface area contributed by atoms with E-state index in [0.717, 1.165) is 24.8 Å². The van der Waals surface area contributed by atoms with Gasteiger partial charge in [-0.2, -0.15) is 0 Å². The van der Waals surface area contributed by atoms with Gasteiger partial charge in [-0.05, 0) is 36.0 Å². The number of likely N-dealkylation sites (tertiary alicyclic amines) is 1. The molecule has 7 nitrogen and oxygen atoms in total. The Bertz CT molecular complexity index is 561. The molecule has 0 spiro atoms. The van der Waals surface area contributed by atoms with Crippen molar-refractivity contribution in [2.24, 2.45) is 5.92 Å². The Balaban J connectivity index is 1.27. The fourth-order valence-electron chi connectivity index (χ4n) is 3.14. The molecule has 1 fully saturated rings. The lowest BCUT2D eigenvalue weighted by Crippen LogP contribution is -2.49. The molecule has 1 saturated heterocycles. The monoisotopic (exact) mass is 318 g/mol. The van der Waals surface area contributed by atoms with Gasteiger partial charge in [-0.15, -0.1) is 0 Å². The van der Waals surface area contributed by atoms with Crippen LogP contribution in [-0.2, 0) is 13.1 Å². The molecule has 0 atom stereocenters. The molecule has 2 aliphatic rings. The summed E-state index contributed by atoms with van der Waals surface area (Å²) in [5.74, 6) is 0.488. The molecule has 3 rings (SSSR count). The lowest BCUT2D eigenvalue weighted by molar-refractivity contribution is 0.0773. The smallest absolute Gasteiger partial charge is 0.407 e. The highest BCUT2D eigenvalue weighted by Crippen LogP contribution is 2.22. The SMILES string of the molecule is O=C(O)N1CC(CCCCNC(=O)N2Cc3ccncc3C2)C1. The van der Waals surface area contributed by atoms with Crippen molar-refractivity contribution in [2.45, 2.75) is 32.4 Å². The normalized spacial score (nSPS) is 16.9. The second kappa shape index (κ2) is 6.85. The summed E-state index contributed by atoms with van der Waals surface area (Å²) in [4.78, 5) is 30.1. The van der Waals surface area contributed by atoms with E-state index in [9.17, 15) is 9.59 Å². The molecule has 0 saturated carbocycles. The second-order valence-electron chi connectivity index (χ2n) is 6.28. The first kappa shape index (κ1) is 15.6. The van der Waals surface area contributed by atoms with Crippen LogP contribution in [0.3, 0.4) is 0 Å². The third-order valence-corrected chi connectivity index (χ3v) is 4.56. The summed E-state index contributed by atoms with van der Waals surface area (Å²) in [5.41, 5.74) is 2.29. The maximum atomic E-state index is 12.1. The third-order valence-electron chi connectivity index (χ3n) is 4.56. The van der Waals surface area contributed by atoms with Gasteiger partial charge < -0.3 is 20.2 Å². The Morgan fingerprint density at radius 2 is 2.00 bits per heavy atom. The van der Waals surface area contributed by atoms with E-state index in [1.165, 1.54) is 10.5 Å². The summed E-state index contributed by atoms with van der Waals surface area (Å²) in [6, 6.07) is 1.93. The number of carbonyl (C=O) groups excluding carboxylic acids is 1. The average molecular weight is 318 g/mol. The Kier molecular flexibility index (Phi) is 4.64. The molecule has 3 heterocycles. The molecule has 1 aromatic heterocycles. The number of hydrogen-bond donors (Lipinski definition) is 2. The van der Waals surface area contributed by atoms with Gasteiger partial charge in [-0.1, -0.05) is 6.42 Å². The largest absolute Gasteiger partial charge is 0.465 e. The number of nitrogens with one attached hydrogen (secondary N) is 1. The van der Waals surface area contributed by atoms with E-state index in [0.29, 0.717) is 38.6 Å². The van der Waals surface area contributed by atoms with Gasteiger partial charge >= 0.3 is 12.1 Å². The molecule has 7 heteroatoms. The van der Waals surface area contributed by atoms with Crippen LogP contribution in [0.4, 0.5) is 9.59 Å². The minimum absolute atomic E-state index is 0.0260. The zero-order valence-electron chi connectivity index (χ0n) is 13.1. The number of carboxylic acid groups (broad SMARTS) is 1. The number of urea groups is 1. The molecule has 2 aliphatic heterocycles. The van der Waals surface area contributed by atoms with Crippen LogP contribution in [0.25, 0.3) is 0 Å². The summed E-state index contributed by atoms with van der Waals surface area (Å²) in [6.45, 7) is 3.25. The molecule has 0 unspecified atom stereocenters. The summed E-state index contributed by atoms with van der Waals surface area (Å²) in [6.07, 6.45) is 5.73. The molecule has 23 heavy (non-hydrogen) atoms. The van der Waals surface area contributed by atoms with Crippen molar-refractivity contribution in [1.82, 2.24) is 20.1 Å². The van der Waals surface area contributed by atoms with Crippen molar-refractivity contribution >= 4 is 12.1 Å². The van der Waals surface area contributed by atoms with Crippen LogP contribution in [0.5, 0.6) is 0 Å². The Morgan fingerprint density at radius 1 is 1.22 bits per heavy atom. The maximum Gasteiger partial charge on any atom is 0.407 e. The van der Waals surface area contributed by atoms with Crippen LogP contribution >= 0.6 is 0 Å². The number of aromatic nitrogens is 1. The van der Waals surface area contributed by atoms with Gasteiger partial charge in [0.1, 0.15) is 0 Å². The summed E-state index contributed by atoms with van der Waals surface area (Å²) >= 11 is 0. The Hall–Kier alpha value is -2.31. The molecule has 0 aliphatic carbocycles. The van der Waals surface area contributed by atoms with Gasteiger partial charge in [-0.3, -0.25) is 4.98 Å². The first-order valence-corrected chi connectivity index (χ1v) is 8.06. The van der Waals surface area contributed by atoms with Gasteiger partial charge in [0.25, 0.3) is 0 Å². The van der Waals surface area contributed by atoms with E-state index >= 15 is 0 Å². The first-order chi connectivity index (χ1) is 11.1. The van der Waals surface area contributed by atoms with E-state index in [1.54, 1.807) is 11.1 Å². The van der Waals surface area contributed by atoms with E-state index in [1.807, 2.05) is 12.3 Å². The number of pyridine rings is 1. The fourth-order valence-corrected chi connectivity index (χ4v) is 3.14. The maximum absolute atomic E-state index is 12.1. The minimum atomic E-state index is -0.824. The zero-order chi connectivity index (χ0) is 16.2. The van der Waals surface area contributed by atoms with Crippen LogP contribution in [0.15, 0.2) is 18.5 Å². The van der Waals surface area contributed by atoms with Crippen LogP contribution in [0.1, 0.15) is 30.4 Å². The third kappa shape index (κ3) is 3.72. The lowest BCUT2D eigenvalue weighted by atomic mass is 9.94. The number of carbonyl (C=O) groups is 2. The summed E-state index contributed by atoms with van der Waals surface area (Å²) in [5, 5.41) is 11.7. The molecule has 124 valence electrons. The number of amides is 3. The van der Waals surface area contributed by atoms with E-state index < -0.39 is 6.09 Å². The summed E-state index contributed by atoms with van der Waals surface area (Å²) < 4.78 is 0. The molecular weight excluding hydrogens is 296 g/mol. The zero-order valence-corrected chi connectivity index (χ0v) is 13.1. The molecule has 0 radical (unpaired) electrons. The number of unbranched alkanes of at least 4 members (excludes halogenated alkanes) is 1. The van der Waals surface area contributed by atoms with Crippen LogP contribution in [0.2, 0.25) is 0 Å². The highest BCUT2D eigenvalue weighted by molar-refractivity contribution is 5.75. The number of nitrogens with zero attached hydrogens (tertiary/aromatic N) is 3. The van der Waals surface area contributed by atoms with Crippen molar-refractivity contribution in [2.75, 3.05) is 19.6 Å². The Labute approximate surface area is 135 Å². The van der Waals surface area contributed by atoms with Gasteiger partial charge in [0, 0.05) is 45.1 Å².